The summed E-state index contributed by atoms with van der Waals surface area (Å²) in [6.07, 6.45) is 0. The Morgan fingerprint density at radius 2 is 2.00 bits per heavy atom. The zero-order valence-electron chi connectivity index (χ0n) is 5.77. The number of ether oxygens (including phenoxy) is 1. The predicted octanol–water partition coefficient (Wildman–Crippen LogP) is 2.61. The van der Waals surface area contributed by atoms with E-state index in [1.165, 1.54) is 0 Å². The minimum absolute atomic E-state index is 0.198. The first kappa shape index (κ1) is 9.37. The lowest BCUT2D eigenvalue weighted by Crippen LogP contribution is -1.88. The Bertz CT molecular complexity index is 250. The van der Waals surface area contributed by atoms with E-state index in [1.807, 2.05) is 6.07 Å². The first-order chi connectivity index (χ1) is 5.15. The van der Waals surface area contributed by atoms with Crippen LogP contribution < -0.4 is 4.74 Å². The number of hydrogen-bond acceptors (Lipinski definition) is 2. The van der Waals surface area contributed by atoms with Crippen LogP contribution in [0.4, 0.5) is 0 Å². The summed E-state index contributed by atoms with van der Waals surface area (Å²) in [4.78, 5) is 0. The summed E-state index contributed by atoms with van der Waals surface area (Å²) in [5.74, 6) is 0.745. The lowest BCUT2D eigenvalue weighted by atomic mass is 10.3. The predicted molar refractivity (Wildman–Crippen MR) is 60.1 cm³/mol. The van der Waals surface area contributed by atoms with Crippen molar-refractivity contribution >= 4 is 45.2 Å². The maximum atomic E-state index is 9.34. The first-order valence-electron chi connectivity index (χ1n) is 2.87. The molecule has 0 unspecified atom stereocenters. The van der Waals surface area contributed by atoms with Gasteiger partial charge in [0.1, 0.15) is 0 Å². The molecule has 0 bridgehead atoms. The molecule has 0 aliphatic heterocycles. The summed E-state index contributed by atoms with van der Waals surface area (Å²) in [7, 11) is 1.55. The molecule has 0 spiro atoms. The van der Waals surface area contributed by atoms with Crippen molar-refractivity contribution in [2.24, 2.45) is 0 Å². The van der Waals surface area contributed by atoms with Gasteiger partial charge in [0.25, 0.3) is 0 Å². The maximum absolute atomic E-state index is 9.34. The van der Waals surface area contributed by atoms with Crippen molar-refractivity contribution in [2.45, 2.75) is 0 Å². The highest BCUT2D eigenvalue weighted by atomic mass is 127. The van der Waals surface area contributed by atoms with Crippen molar-refractivity contribution in [3.8, 4) is 11.5 Å². The number of rotatable bonds is 1. The highest BCUT2D eigenvalue weighted by Crippen LogP contribution is 2.32. The fraction of sp³-hybridized carbons (Fsp3) is 0.143. The van der Waals surface area contributed by atoms with Gasteiger partial charge in [-0.1, -0.05) is 0 Å². The van der Waals surface area contributed by atoms with Crippen LogP contribution in [-0.2, 0) is 0 Å². The topological polar surface area (TPSA) is 29.5 Å². The van der Waals surface area contributed by atoms with Crippen LogP contribution in [0.2, 0.25) is 0 Å². The van der Waals surface area contributed by atoms with Crippen molar-refractivity contribution in [1.29, 1.82) is 0 Å². The number of hydrogen-bond donors (Lipinski definition) is 1. The molecule has 0 aliphatic rings. The fourth-order valence-corrected chi connectivity index (χ4v) is 2.78. The van der Waals surface area contributed by atoms with Crippen molar-refractivity contribution in [2.75, 3.05) is 7.11 Å². The van der Waals surface area contributed by atoms with Gasteiger partial charge in [0.15, 0.2) is 11.5 Å². The van der Waals surface area contributed by atoms with Crippen LogP contribution in [0.3, 0.4) is 0 Å². The minimum Gasteiger partial charge on any atom is -0.504 e. The van der Waals surface area contributed by atoms with Gasteiger partial charge in [-0.3, -0.25) is 0 Å². The zero-order chi connectivity index (χ0) is 8.43. The number of phenols is 1. The molecule has 0 atom stereocenters. The standard InChI is InChI=1S/C7H6I2O2/c1-11-7-5(9)2-4(8)3-6(7)10/h2-3,10H,1H3. The number of phenolic OH excluding ortho intramolecular Hbond substituents is 1. The number of halogens is 2. The normalized spacial score (nSPS) is 9.73. The SMILES string of the molecule is COc1c(O)cc(I)cc1I. The minimum atomic E-state index is 0.198. The van der Waals surface area contributed by atoms with Crippen LogP contribution in [0.25, 0.3) is 0 Å². The zero-order valence-corrected chi connectivity index (χ0v) is 10.1. The highest BCUT2D eigenvalue weighted by Gasteiger charge is 2.06. The number of benzene rings is 1. The van der Waals surface area contributed by atoms with E-state index in [0.717, 1.165) is 7.14 Å². The van der Waals surface area contributed by atoms with Gasteiger partial charge in [-0.2, -0.15) is 0 Å². The third-order valence-electron chi connectivity index (χ3n) is 1.19. The summed E-state index contributed by atoms with van der Waals surface area (Å²) >= 11 is 4.27. The molecule has 0 radical (unpaired) electrons. The smallest absolute Gasteiger partial charge is 0.173 e. The van der Waals surface area contributed by atoms with Crippen LogP contribution >= 0.6 is 45.2 Å². The maximum Gasteiger partial charge on any atom is 0.173 e. The summed E-state index contributed by atoms with van der Waals surface area (Å²) in [6.45, 7) is 0. The van der Waals surface area contributed by atoms with Gasteiger partial charge in [0.05, 0.1) is 10.7 Å². The Balaban J connectivity index is 3.25. The van der Waals surface area contributed by atoms with Gasteiger partial charge in [-0.15, -0.1) is 0 Å². The second-order valence-corrected chi connectivity index (χ2v) is 4.35. The molecule has 0 heterocycles. The molecule has 1 N–H and O–H groups in total. The van der Waals surface area contributed by atoms with E-state index in [1.54, 1.807) is 13.2 Å². The fourth-order valence-electron chi connectivity index (χ4n) is 0.749. The van der Waals surface area contributed by atoms with Crippen LogP contribution in [0, 0.1) is 7.14 Å². The van der Waals surface area contributed by atoms with Crippen molar-refractivity contribution in [1.82, 2.24) is 0 Å². The molecule has 1 aromatic carbocycles. The van der Waals surface area contributed by atoms with E-state index >= 15 is 0 Å². The molecule has 2 nitrogen and oxygen atoms in total. The molecule has 0 amide bonds. The average Bonchev–Trinajstić information content (AvgIpc) is 1.85. The Morgan fingerprint density at radius 3 is 2.45 bits per heavy atom. The second-order valence-electron chi connectivity index (χ2n) is 1.94. The van der Waals surface area contributed by atoms with Crippen molar-refractivity contribution in [3.63, 3.8) is 0 Å². The summed E-state index contributed by atoms with van der Waals surface area (Å²) in [5.41, 5.74) is 0. The Hall–Kier alpha value is 0.280. The van der Waals surface area contributed by atoms with E-state index in [9.17, 15) is 5.11 Å². The molecular formula is C7H6I2O2. The molecular weight excluding hydrogens is 370 g/mol. The molecule has 0 saturated carbocycles. The molecule has 0 saturated heterocycles. The lowest BCUT2D eigenvalue weighted by Gasteiger charge is -2.05. The number of aromatic hydroxyl groups is 1. The Labute approximate surface area is 92.2 Å². The van der Waals surface area contributed by atoms with Crippen molar-refractivity contribution < 1.29 is 9.84 Å². The van der Waals surface area contributed by atoms with Gasteiger partial charge in [-0.05, 0) is 57.3 Å². The molecule has 0 aliphatic carbocycles. The summed E-state index contributed by atoms with van der Waals surface area (Å²) < 4.78 is 6.90. The van der Waals surface area contributed by atoms with Crippen LogP contribution in [0.15, 0.2) is 12.1 Å². The van der Waals surface area contributed by atoms with Gasteiger partial charge < -0.3 is 9.84 Å². The second kappa shape index (κ2) is 3.79. The van der Waals surface area contributed by atoms with Gasteiger partial charge >= 0.3 is 0 Å². The third kappa shape index (κ3) is 2.11. The van der Waals surface area contributed by atoms with E-state index in [2.05, 4.69) is 45.2 Å². The van der Waals surface area contributed by atoms with Gasteiger partial charge in [-0.25, -0.2) is 0 Å². The Kier molecular flexibility index (Phi) is 3.23. The number of methoxy groups -OCH3 is 1. The van der Waals surface area contributed by atoms with E-state index in [4.69, 9.17) is 4.74 Å². The van der Waals surface area contributed by atoms with E-state index < -0.39 is 0 Å². The van der Waals surface area contributed by atoms with Gasteiger partial charge in [0, 0.05) is 3.57 Å². The summed E-state index contributed by atoms with van der Waals surface area (Å²) in [5, 5.41) is 9.34. The monoisotopic (exact) mass is 376 g/mol. The van der Waals surface area contributed by atoms with E-state index in [-0.39, 0.29) is 5.75 Å². The first-order valence-corrected chi connectivity index (χ1v) is 5.03. The van der Waals surface area contributed by atoms with E-state index in [0.29, 0.717) is 5.75 Å². The van der Waals surface area contributed by atoms with Crippen LogP contribution in [0.1, 0.15) is 0 Å². The summed E-state index contributed by atoms with van der Waals surface area (Å²) in [6, 6.07) is 3.61. The van der Waals surface area contributed by atoms with Crippen molar-refractivity contribution in [3.05, 3.63) is 19.3 Å². The van der Waals surface area contributed by atoms with Gasteiger partial charge in [0.2, 0.25) is 0 Å². The molecule has 0 fully saturated rings. The average molecular weight is 376 g/mol. The molecule has 0 aromatic heterocycles. The highest BCUT2D eigenvalue weighted by molar-refractivity contribution is 14.1. The Morgan fingerprint density at radius 1 is 1.36 bits per heavy atom. The lowest BCUT2D eigenvalue weighted by molar-refractivity contribution is 0.370. The molecule has 1 rings (SSSR count). The van der Waals surface area contributed by atoms with Crippen LogP contribution in [-0.4, -0.2) is 12.2 Å². The quantitative estimate of drug-likeness (QED) is 0.764. The molecule has 1 aromatic rings. The molecule has 4 heteroatoms. The largest absolute Gasteiger partial charge is 0.504 e. The molecule has 60 valence electrons. The third-order valence-corrected chi connectivity index (χ3v) is 2.62. The molecule has 11 heavy (non-hydrogen) atoms. The van der Waals surface area contributed by atoms with Crippen LogP contribution in [0.5, 0.6) is 11.5 Å².